The maximum Gasteiger partial charge on any atom is 0.224 e. The minimum atomic E-state index is -3.57. The summed E-state index contributed by atoms with van der Waals surface area (Å²) in [4.78, 5) is 24.9. The highest BCUT2D eigenvalue weighted by molar-refractivity contribution is 7.90. The fraction of sp³-hybridized carbons (Fsp3) is 0.424. The molecule has 0 bridgehead atoms. The SMILES string of the molecule is CC(=O)N(C)/C(=C\c1ccc(C)cc1[C@@H](C)Nc1ccc(C)nc1S(C)(=O)=O)N1CCC(F)(/C2=C/N/C(C)=C/CN=C2)CC1. The van der Waals surface area contributed by atoms with Gasteiger partial charge in [-0.15, -0.1) is 0 Å². The first kappa shape index (κ1) is 32.9. The molecule has 2 aliphatic rings. The van der Waals surface area contributed by atoms with Crippen LogP contribution < -0.4 is 10.6 Å². The molecule has 1 saturated heterocycles. The van der Waals surface area contributed by atoms with Crippen molar-refractivity contribution in [3.63, 3.8) is 0 Å². The van der Waals surface area contributed by atoms with Gasteiger partial charge in [-0.05, 0) is 63.1 Å². The van der Waals surface area contributed by atoms with Crippen LogP contribution in [0.25, 0.3) is 6.08 Å². The number of allylic oxidation sites excluding steroid dienone is 2. The number of aryl methyl sites for hydroxylation is 2. The summed E-state index contributed by atoms with van der Waals surface area (Å²) in [6, 6.07) is 9.23. The molecule has 0 saturated carbocycles. The average Bonchev–Trinajstić information content (AvgIpc) is 2.95. The minimum absolute atomic E-state index is 0.0000427. The summed E-state index contributed by atoms with van der Waals surface area (Å²) in [6.07, 6.45) is 8.86. The number of nitrogens with zero attached hydrogens (tertiary/aromatic N) is 4. The number of amides is 1. The molecule has 11 heteroatoms. The number of anilines is 1. The van der Waals surface area contributed by atoms with Crippen LogP contribution >= 0.6 is 0 Å². The van der Waals surface area contributed by atoms with E-state index in [2.05, 4.69) is 20.6 Å². The minimum Gasteiger partial charge on any atom is -0.376 e. The Morgan fingerprint density at radius 3 is 2.55 bits per heavy atom. The molecule has 1 amide bonds. The lowest BCUT2D eigenvalue weighted by molar-refractivity contribution is -0.127. The van der Waals surface area contributed by atoms with Gasteiger partial charge in [0, 0.05) is 81.6 Å². The summed E-state index contributed by atoms with van der Waals surface area (Å²) < 4.78 is 41.3. The van der Waals surface area contributed by atoms with Crippen molar-refractivity contribution in [3.05, 3.63) is 82.1 Å². The summed E-state index contributed by atoms with van der Waals surface area (Å²) >= 11 is 0. The number of carbonyl (C=O) groups excluding carboxylic acids is 1. The number of hydrogen-bond donors (Lipinski definition) is 2. The van der Waals surface area contributed by atoms with Crippen LogP contribution in [0.2, 0.25) is 0 Å². The molecule has 2 aliphatic heterocycles. The quantitative estimate of drug-likeness (QED) is 0.411. The van der Waals surface area contributed by atoms with E-state index in [0.717, 1.165) is 28.6 Å². The van der Waals surface area contributed by atoms with Crippen LogP contribution in [0, 0.1) is 13.8 Å². The van der Waals surface area contributed by atoms with Crippen LogP contribution in [-0.4, -0.2) is 73.9 Å². The highest BCUT2D eigenvalue weighted by Gasteiger charge is 2.39. The second-order valence-corrected chi connectivity index (χ2v) is 13.7. The summed E-state index contributed by atoms with van der Waals surface area (Å²) in [7, 11) is -1.84. The van der Waals surface area contributed by atoms with Gasteiger partial charge in [-0.1, -0.05) is 23.8 Å². The van der Waals surface area contributed by atoms with Gasteiger partial charge in [0.1, 0.15) is 11.5 Å². The lowest BCUT2D eigenvalue weighted by Gasteiger charge is -2.41. The number of likely N-dealkylation sites (tertiary alicyclic amines) is 1. The number of pyridine rings is 1. The maximum atomic E-state index is 16.3. The van der Waals surface area contributed by atoms with E-state index < -0.39 is 15.5 Å². The number of benzene rings is 1. The molecule has 0 aliphatic carbocycles. The monoisotopic (exact) mass is 622 g/mol. The number of sulfone groups is 1. The van der Waals surface area contributed by atoms with Crippen LogP contribution in [0.4, 0.5) is 10.1 Å². The second-order valence-electron chi connectivity index (χ2n) is 11.7. The Hall–Kier alpha value is -3.99. The zero-order chi connectivity index (χ0) is 32.2. The average molecular weight is 623 g/mol. The van der Waals surface area contributed by atoms with Crippen molar-refractivity contribution >= 4 is 33.7 Å². The maximum absolute atomic E-state index is 16.3. The fourth-order valence-corrected chi connectivity index (χ4v) is 6.23. The lowest BCUT2D eigenvalue weighted by atomic mass is 9.86. The number of hydrogen-bond acceptors (Lipinski definition) is 8. The molecule has 0 spiro atoms. The molecule has 0 radical (unpaired) electrons. The van der Waals surface area contributed by atoms with Crippen molar-refractivity contribution in [1.29, 1.82) is 0 Å². The van der Waals surface area contributed by atoms with Crippen LogP contribution in [0.5, 0.6) is 0 Å². The van der Waals surface area contributed by atoms with Gasteiger partial charge in [0.15, 0.2) is 14.9 Å². The van der Waals surface area contributed by atoms with E-state index in [1.807, 2.05) is 56.0 Å². The van der Waals surface area contributed by atoms with Crippen molar-refractivity contribution in [3.8, 4) is 0 Å². The van der Waals surface area contributed by atoms with E-state index in [9.17, 15) is 13.2 Å². The molecule has 236 valence electrons. The van der Waals surface area contributed by atoms with Crippen molar-refractivity contribution in [2.45, 2.75) is 64.2 Å². The van der Waals surface area contributed by atoms with Gasteiger partial charge >= 0.3 is 0 Å². The molecule has 2 aromatic rings. The van der Waals surface area contributed by atoms with Gasteiger partial charge in [-0.2, -0.15) is 0 Å². The molecule has 4 rings (SSSR count). The second kappa shape index (κ2) is 13.3. The Bertz CT molecular complexity index is 1640. The Morgan fingerprint density at radius 2 is 1.89 bits per heavy atom. The summed E-state index contributed by atoms with van der Waals surface area (Å²) in [5.41, 5.74) is 3.75. The Balaban J connectivity index is 1.66. The van der Waals surface area contributed by atoms with E-state index in [1.54, 1.807) is 43.4 Å². The van der Waals surface area contributed by atoms with E-state index in [-0.39, 0.29) is 29.8 Å². The number of alkyl halides is 1. The van der Waals surface area contributed by atoms with Gasteiger partial charge in [-0.25, -0.2) is 17.8 Å². The van der Waals surface area contributed by atoms with Gasteiger partial charge in [0.05, 0.1) is 12.2 Å². The Morgan fingerprint density at radius 1 is 1.18 bits per heavy atom. The first-order valence-electron chi connectivity index (χ1n) is 14.8. The topological polar surface area (TPSA) is 107 Å². The molecule has 3 heterocycles. The normalized spacial score (nSPS) is 20.3. The predicted octanol–water partition coefficient (Wildman–Crippen LogP) is 5.32. The van der Waals surface area contributed by atoms with E-state index >= 15 is 4.39 Å². The van der Waals surface area contributed by atoms with Crippen LogP contribution in [0.15, 0.2) is 69.7 Å². The lowest BCUT2D eigenvalue weighted by Crippen LogP contribution is -2.46. The Kier molecular flexibility index (Phi) is 9.98. The van der Waals surface area contributed by atoms with Gasteiger partial charge in [0.25, 0.3) is 0 Å². The van der Waals surface area contributed by atoms with E-state index in [1.165, 1.54) is 6.92 Å². The summed E-state index contributed by atoms with van der Waals surface area (Å²) in [5, 5.41) is 6.51. The number of halogens is 1. The Labute approximate surface area is 260 Å². The number of aliphatic imine (C=N–C) groups is 1. The zero-order valence-corrected chi connectivity index (χ0v) is 27.4. The fourth-order valence-electron chi connectivity index (χ4n) is 5.39. The van der Waals surface area contributed by atoms with Crippen molar-refractivity contribution in [2.24, 2.45) is 4.99 Å². The number of carbonyl (C=O) groups is 1. The predicted molar refractivity (Wildman–Crippen MR) is 175 cm³/mol. The molecule has 1 aromatic heterocycles. The molecule has 9 nitrogen and oxygen atoms in total. The third-order valence-corrected chi connectivity index (χ3v) is 9.13. The molecule has 1 fully saturated rings. The standard InChI is InChI=1S/C33H43FN6O3S/c1-22-8-10-27(29(18-22)25(4)38-30-11-9-24(3)37-32(30)44(7,42)43)19-31(39(6)26(5)41)40-16-13-33(34,14-17-40)28-20-35-15-12-23(2)36-21-28/h8-12,18-21,25,36,38H,13-17H2,1-7H3/b23-12+,28-21+,31-19+,35-20?/t25-/m1/s1. The van der Waals surface area contributed by atoms with Gasteiger partial charge in [0.2, 0.25) is 5.91 Å². The van der Waals surface area contributed by atoms with E-state index in [0.29, 0.717) is 42.4 Å². The first-order valence-corrected chi connectivity index (χ1v) is 16.7. The third kappa shape index (κ3) is 7.74. The van der Waals surface area contributed by atoms with Gasteiger partial charge < -0.3 is 20.4 Å². The third-order valence-electron chi connectivity index (χ3n) is 8.12. The highest BCUT2D eigenvalue weighted by atomic mass is 32.2. The number of rotatable bonds is 8. The van der Waals surface area contributed by atoms with Crippen LogP contribution in [0.3, 0.4) is 0 Å². The summed E-state index contributed by atoms with van der Waals surface area (Å²) in [5.74, 6) is 0.529. The van der Waals surface area contributed by atoms with Crippen molar-refractivity contribution in [2.75, 3.05) is 38.3 Å². The molecule has 0 unspecified atom stereocenters. The molecular formula is C33H43FN6O3S. The molecule has 1 atom stereocenters. The van der Waals surface area contributed by atoms with Crippen molar-refractivity contribution < 1.29 is 17.6 Å². The first-order chi connectivity index (χ1) is 20.7. The number of piperidine rings is 1. The molecular weight excluding hydrogens is 579 g/mol. The van der Waals surface area contributed by atoms with Crippen molar-refractivity contribution in [1.82, 2.24) is 20.1 Å². The highest BCUT2D eigenvalue weighted by Crippen LogP contribution is 2.36. The van der Waals surface area contributed by atoms with E-state index in [4.69, 9.17) is 0 Å². The van der Waals surface area contributed by atoms with Crippen LogP contribution in [-0.2, 0) is 14.6 Å². The molecule has 1 aromatic carbocycles. The largest absolute Gasteiger partial charge is 0.376 e. The smallest absolute Gasteiger partial charge is 0.224 e. The van der Waals surface area contributed by atoms with Crippen LogP contribution in [0.1, 0.15) is 62.0 Å². The molecule has 44 heavy (non-hydrogen) atoms. The summed E-state index contributed by atoms with van der Waals surface area (Å²) in [6.45, 7) is 10.4. The molecule has 2 N–H and O–H groups in total. The van der Waals surface area contributed by atoms with Gasteiger partial charge in [-0.3, -0.25) is 9.79 Å². The zero-order valence-electron chi connectivity index (χ0n) is 26.6. The number of nitrogens with one attached hydrogen (secondary N) is 2. The number of aromatic nitrogens is 1.